The van der Waals surface area contributed by atoms with Crippen molar-refractivity contribution in [1.29, 1.82) is 0 Å². The van der Waals surface area contributed by atoms with Crippen LogP contribution in [-0.2, 0) is 10.0 Å². The van der Waals surface area contributed by atoms with E-state index in [2.05, 4.69) is 10.0 Å². The SMILES string of the molecule is Cc1cc(NS(=O)(=O)CCNC2CC2)ccc1F. The zero-order chi connectivity index (χ0) is 13.2. The third-order valence-corrected chi connectivity index (χ3v) is 4.10. The number of nitrogens with one attached hydrogen (secondary N) is 2. The fourth-order valence-electron chi connectivity index (χ4n) is 1.62. The molecule has 18 heavy (non-hydrogen) atoms. The van der Waals surface area contributed by atoms with E-state index in [1.165, 1.54) is 18.2 Å². The highest BCUT2D eigenvalue weighted by atomic mass is 32.2. The van der Waals surface area contributed by atoms with Crippen molar-refractivity contribution in [1.82, 2.24) is 5.32 Å². The molecule has 100 valence electrons. The van der Waals surface area contributed by atoms with E-state index >= 15 is 0 Å². The quantitative estimate of drug-likeness (QED) is 0.827. The van der Waals surface area contributed by atoms with E-state index in [-0.39, 0.29) is 11.6 Å². The van der Waals surface area contributed by atoms with Crippen LogP contribution in [0.1, 0.15) is 18.4 Å². The highest BCUT2D eigenvalue weighted by Gasteiger charge is 2.21. The lowest BCUT2D eigenvalue weighted by molar-refractivity contribution is 0.595. The van der Waals surface area contributed by atoms with Crippen molar-refractivity contribution >= 4 is 15.7 Å². The molecule has 1 fully saturated rings. The Morgan fingerprint density at radius 2 is 2.11 bits per heavy atom. The predicted octanol–water partition coefficient (Wildman–Crippen LogP) is 1.63. The molecular weight excluding hydrogens is 255 g/mol. The van der Waals surface area contributed by atoms with E-state index in [0.29, 0.717) is 23.8 Å². The predicted molar refractivity (Wildman–Crippen MR) is 69.6 cm³/mol. The first-order valence-electron chi connectivity index (χ1n) is 5.96. The van der Waals surface area contributed by atoms with Crippen LogP contribution >= 0.6 is 0 Å². The van der Waals surface area contributed by atoms with Crippen LogP contribution in [0, 0.1) is 12.7 Å². The Balaban J connectivity index is 1.91. The third kappa shape index (κ3) is 3.96. The van der Waals surface area contributed by atoms with Crippen LogP contribution in [0.25, 0.3) is 0 Å². The summed E-state index contributed by atoms with van der Waals surface area (Å²) in [7, 11) is -3.37. The van der Waals surface area contributed by atoms with E-state index in [9.17, 15) is 12.8 Å². The summed E-state index contributed by atoms with van der Waals surface area (Å²) < 4.78 is 39.0. The minimum Gasteiger partial charge on any atom is -0.313 e. The first-order chi connectivity index (χ1) is 8.46. The molecule has 0 aliphatic heterocycles. The van der Waals surface area contributed by atoms with Crippen LogP contribution in [-0.4, -0.2) is 26.8 Å². The van der Waals surface area contributed by atoms with Gasteiger partial charge >= 0.3 is 0 Å². The van der Waals surface area contributed by atoms with Gasteiger partial charge in [-0.15, -0.1) is 0 Å². The van der Waals surface area contributed by atoms with Crippen LogP contribution < -0.4 is 10.0 Å². The Labute approximate surface area is 107 Å². The number of halogens is 1. The molecular formula is C12H17FN2O2S. The second-order valence-corrected chi connectivity index (χ2v) is 6.46. The molecule has 0 aromatic heterocycles. The fourth-order valence-corrected chi connectivity index (χ4v) is 2.60. The Bertz CT molecular complexity index is 527. The molecule has 1 saturated carbocycles. The van der Waals surface area contributed by atoms with Gasteiger partial charge in [0.05, 0.1) is 5.75 Å². The van der Waals surface area contributed by atoms with Crippen LogP contribution in [0.5, 0.6) is 0 Å². The molecule has 2 rings (SSSR count). The fraction of sp³-hybridized carbons (Fsp3) is 0.500. The summed E-state index contributed by atoms with van der Waals surface area (Å²) in [6.07, 6.45) is 2.26. The molecule has 1 aliphatic carbocycles. The van der Waals surface area contributed by atoms with Gasteiger partial charge in [0.2, 0.25) is 10.0 Å². The highest BCUT2D eigenvalue weighted by Crippen LogP contribution is 2.18. The van der Waals surface area contributed by atoms with Crippen molar-refractivity contribution in [2.24, 2.45) is 0 Å². The Morgan fingerprint density at radius 1 is 1.39 bits per heavy atom. The van der Waals surface area contributed by atoms with E-state index in [4.69, 9.17) is 0 Å². The molecule has 0 unspecified atom stereocenters. The van der Waals surface area contributed by atoms with Gasteiger partial charge in [0.15, 0.2) is 0 Å². The van der Waals surface area contributed by atoms with Crippen LogP contribution in [0.15, 0.2) is 18.2 Å². The number of benzene rings is 1. The Kier molecular flexibility index (Phi) is 3.87. The number of aryl methyl sites for hydroxylation is 1. The van der Waals surface area contributed by atoms with Crippen molar-refractivity contribution in [2.75, 3.05) is 17.0 Å². The van der Waals surface area contributed by atoms with Crippen LogP contribution in [0.4, 0.5) is 10.1 Å². The molecule has 6 heteroatoms. The zero-order valence-electron chi connectivity index (χ0n) is 10.2. The minimum atomic E-state index is -3.37. The molecule has 0 saturated heterocycles. The maximum absolute atomic E-state index is 13.0. The van der Waals surface area contributed by atoms with E-state index < -0.39 is 10.0 Å². The lowest BCUT2D eigenvalue weighted by atomic mass is 10.2. The van der Waals surface area contributed by atoms with Gasteiger partial charge in [-0.3, -0.25) is 4.72 Å². The largest absolute Gasteiger partial charge is 0.313 e. The van der Waals surface area contributed by atoms with Crippen molar-refractivity contribution in [3.63, 3.8) is 0 Å². The summed E-state index contributed by atoms with van der Waals surface area (Å²) in [6, 6.07) is 4.67. The highest BCUT2D eigenvalue weighted by molar-refractivity contribution is 7.92. The molecule has 0 heterocycles. The van der Waals surface area contributed by atoms with Gasteiger partial charge in [-0.05, 0) is 43.5 Å². The standard InChI is InChI=1S/C12H17FN2O2S/c1-9-8-11(4-5-12(9)13)15-18(16,17)7-6-14-10-2-3-10/h4-5,8,10,14-15H,2-3,6-7H2,1H3. The molecule has 0 bridgehead atoms. The summed E-state index contributed by atoms with van der Waals surface area (Å²) in [4.78, 5) is 0. The average molecular weight is 272 g/mol. The molecule has 2 N–H and O–H groups in total. The van der Waals surface area contributed by atoms with Crippen LogP contribution in [0.2, 0.25) is 0 Å². The summed E-state index contributed by atoms with van der Waals surface area (Å²) in [6.45, 7) is 2.04. The minimum absolute atomic E-state index is 0.0277. The van der Waals surface area contributed by atoms with Gasteiger partial charge in [0.1, 0.15) is 5.82 Å². The number of anilines is 1. The first-order valence-corrected chi connectivity index (χ1v) is 7.61. The first kappa shape index (κ1) is 13.3. The van der Waals surface area contributed by atoms with E-state index in [1.54, 1.807) is 6.92 Å². The number of hydrogen-bond donors (Lipinski definition) is 2. The molecule has 0 radical (unpaired) electrons. The molecule has 1 aromatic carbocycles. The third-order valence-electron chi connectivity index (χ3n) is 2.81. The smallest absolute Gasteiger partial charge is 0.233 e. The molecule has 0 spiro atoms. The topological polar surface area (TPSA) is 58.2 Å². The zero-order valence-corrected chi connectivity index (χ0v) is 11.1. The summed E-state index contributed by atoms with van der Waals surface area (Å²) in [5, 5.41) is 3.14. The van der Waals surface area contributed by atoms with E-state index in [1.807, 2.05) is 0 Å². The lowest BCUT2D eigenvalue weighted by Gasteiger charge is -2.09. The number of sulfonamides is 1. The van der Waals surface area contributed by atoms with Gasteiger partial charge in [0, 0.05) is 18.3 Å². The van der Waals surface area contributed by atoms with Crippen molar-refractivity contribution < 1.29 is 12.8 Å². The van der Waals surface area contributed by atoms with Crippen molar-refractivity contribution in [3.05, 3.63) is 29.6 Å². The van der Waals surface area contributed by atoms with E-state index in [0.717, 1.165) is 12.8 Å². The summed E-state index contributed by atoms with van der Waals surface area (Å²) >= 11 is 0. The van der Waals surface area contributed by atoms with Gasteiger partial charge in [-0.2, -0.15) is 0 Å². The molecule has 4 nitrogen and oxygen atoms in total. The number of hydrogen-bond acceptors (Lipinski definition) is 3. The van der Waals surface area contributed by atoms with Gasteiger partial charge in [-0.25, -0.2) is 12.8 Å². The maximum Gasteiger partial charge on any atom is 0.233 e. The second kappa shape index (κ2) is 5.24. The van der Waals surface area contributed by atoms with Crippen molar-refractivity contribution in [2.45, 2.75) is 25.8 Å². The Hall–Kier alpha value is -1.14. The normalized spacial score (nSPS) is 15.7. The van der Waals surface area contributed by atoms with Gasteiger partial charge in [0.25, 0.3) is 0 Å². The summed E-state index contributed by atoms with van der Waals surface area (Å²) in [5.41, 5.74) is 0.826. The molecule has 1 aromatic rings. The molecule has 0 amide bonds. The van der Waals surface area contributed by atoms with Crippen molar-refractivity contribution in [3.8, 4) is 0 Å². The molecule has 0 atom stereocenters. The van der Waals surface area contributed by atoms with Gasteiger partial charge in [-0.1, -0.05) is 0 Å². The maximum atomic E-state index is 13.0. The average Bonchev–Trinajstić information content (AvgIpc) is 3.07. The van der Waals surface area contributed by atoms with Gasteiger partial charge < -0.3 is 5.32 Å². The summed E-state index contributed by atoms with van der Waals surface area (Å²) in [5.74, 6) is -0.312. The Morgan fingerprint density at radius 3 is 2.72 bits per heavy atom. The molecule has 1 aliphatic rings. The second-order valence-electron chi connectivity index (χ2n) is 4.61. The number of rotatable bonds is 6. The monoisotopic (exact) mass is 272 g/mol. The lowest BCUT2D eigenvalue weighted by Crippen LogP contribution is -2.28. The van der Waals surface area contributed by atoms with Crippen LogP contribution in [0.3, 0.4) is 0 Å².